The van der Waals surface area contributed by atoms with Gasteiger partial charge in [-0.3, -0.25) is 0 Å². The van der Waals surface area contributed by atoms with Crippen molar-refractivity contribution in [3.8, 4) is 16.9 Å². The Morgan fingerprint density at radius 2 is 1.93 bits per heavy atom. The summed E-state index contributed by atoms with van der Waals surface area (Å²) in [5, 5.41) is 0. The number of benzene rings is 2. The third kappa shape index (κ3) is 2.66. The van der Waals surface area contributed by atoms with Crippen molar-refractivity contribution in [2.45, 2.75) is 65.8 Å². The van der Waals surface area contributed by atoms with E-state index in [0.717, 1.165) is 36.8 Å². The summed E-state index contributed by atoms with van der Waals surface area (Å²) in [4.78, 5) is 2.38. The second-order valence-corrected chi connectivity index (χ2v) is 8.74. The Balaban J connectivity index is 2.04. The van der Waals surface area contributed by atoms with Crippen LogP contribution >= 0.6 is 0 Å². The van der Waals surface area contributed by atoms with Gasteiger partial charge in [0.15, 0.2) is 11.6 Å². The van der Waals surface area contributed by atoms with E-state index in [1.54, 1.807) is 6.07 Å². The first-order valence-electron chi connectivity index (χ1n) is 10.1. The van der Waals surface area contributed by atoms with Gasteiger partial charge in [0.2, 0.25) is 0 Å². The van der Waals surface area contributed by atoms with Gasteiger partial charge >= 0.3 is 0 Å². The van der Waals surface area contributed by atoms with Crippen LogP contribution in [0.2, 0.25) is 0 Å². The molecule has 0 saturated heterocycles. The summed E-state index contributed by atoms with van der Waals surface area (Å²) < 4.78 is 20.6. The number of fused-ring (bicyclic) bond motifs is 2. The summed E-state index contributed by atoms with van der Waals surface area (Å²) in [6.07, 6.45) is 3.79. The topological polar surface area (TPSA) is 12.5 Å². The summed E-state index contributed by atoms with van der Waals surface area (Å²) >= 11 is 0. The predicted molar refractivity (Wildman–Crippen MR) is 111 cm³/mol. The average molecular weight is 368 g/mol. The molecule has 2 aromatic carbocycles. The standard InChI is InChI=1S/C24H30FNO/c1-7-16-14(2)11-21-19(13-24(4,5)26(21)6)22(16)18-12-20(25)23-17(15(18)3)9-8-10-27-23/h11-12H,7-10,13H2,1-6H3. The molecular formula is C24H30FNO. The van der Waals surface area contributed by atoms with E-state index in [9.17, 15) is 4.39 Å². The van der Waals surface area contributed by atoms with Gasteiger partial charge in [0, 0.05) is 23.8 Å². The Morgan fingerprint density at radius 1 is 1.19 bits per heavy atom. The van der Waals surface area contributed by atoms with E-state index in [4.69, 9.17) is 4.74 Å². The van der Waals surface area contributed by atoms with Crippen molar-refractivity contribution < 1.29 is 9.13 Å². The highest BCUT2D eigenvalue weighted by atomic mass is 19.1. The lowest BCUT2D eigenvalue weighted by Crippen LogP contribution is -2.37. The highest BCUT2D eigenvalue weighted by Crippen LogP contribution is 2.48. The van der Waals surface area contributed by atoms with Crippen LogP contribution in [-0.2, 0) is 19.3 Å². The van der Waals surface area contributed by atoms with Crippen LogP contribution in [-0.4, -0.2) is 19.2 Å². The van der Waals surface area contributed by atoms with Crippen molar-refractivity contribution in [3.63, 3.8) is 0 Å². The molecule has 144 valence electrons. The maximum Gasteiger partial charge on any atom is 0.165 e. The van der Waals surface area contributed by atoms with Crippen molar-refractivity contribution >= 4 is 5.69 Å². The SMILES string of the molecule is CCc1c(C)cc2c(c1-c1cc(F)c3c(c1C)CCCO3)CC(C)(C)N2C. The molecule has 2 heterocycles. The molecule has 0 aliphatic carbocycles. The first-order chi connectivity index (χ1) is 12.8. The number of rotatable bonds is 2. The van der Waals surface area contributed by atoms with Crippen molar-refractivity contribution in [2.75, 3.05) is 18.6 Å². The van der Waals surface area contributed by atoms with E-state index in [-0.39, 0.29) is 11.4 Å². The van der Waals surface area contributed by atoms with Crippen LogP contribution in [0, 0.1) is 19.7 Å². The minimum Gasteiger partial charge on any atom is -0.490 e. The molecule has 3 heteroatoms. The van der Waals surface area contributed by atoms with Gasteiger partial charge in [-0.2, -0.15) is 0 Å². The maximum atomic E-state index is 15.0. The van der Waals surface area contributed by atoms with Gasteiger partial charge in [-0.15, -0.1) is 0 Å². The highest BCUT2D eigenvalue weighted by Gasteiger charge is 2.37. The predicted octanol–water partition coefficient (Wildman–Crippen LogP) is 5.77. The highest BCUT2D eigenvalue weighted by molar-refractivity contribution is 5.84. The molecule has 0 atom stereocenters. The van der Waals surface area contributed by atoms with Crippen molar-refractivity contribution in [2.24, 2.45) is 0 Å². The van der Waals surface area contributed by atoms with Crippen LogP contribution < -0.4 is 9.64 Å². The third-order valence-electron chi connectivity index (χ3n) is 6.68. The number of hydrogen-bond donors (Lipinski definition) is 0. The van der Waals surface area contributed by atoms with E-state index in [2.05, 4.69) is 52.6 Å². The molecule has 27 heavy (non-hydrogen) atoms. The summed E-state index contributed by atoms with van der Waals surface area (Å²) in [5.74, 6) is 0.260. The quantitative estimate of drug-likeness (QED) is 0.668. The number of aryl methyl sites for hydroxylation is 1. The van der Waals surface area contributed by atoms with E-state index in [1.807, 2.05) is 0 Å². The molecule has 0 amide bonds. The Labute approximate surface area is 162 Å². The molecule has 2 nitrogen and oxygen atoms in total. The van der Waals surface area contributed by atoms with Crippen molar-refractivity contribution in [3.05, 3.63) is 45.8 Å². The summed E-state index contributed by atoms with van der Waals surface area (Å²) in [6.45, 7) is 11.7. The molecule has 0 radical (unpaired) electrons. The maximum absolute atomic E-state index is 15.0. The molecule has 0 spiro atoms. The van der Waals surface area contributed by atoms with Crippen molar-refractivity contribution in [1.82, 2.24) is 0 Å². The van der Waals surface area contributed by atoms with Crippen LogP contribution in [0.25, 0.3) is 11.1 Å². The van der Waals surface area contributed by atoms with Crippen LogP contribution in [0.1, 0.15) is 55.0 Å². The van der Waals surface area contributed by atoms with Crippen LogP contribution in [0.5, 0.6) is 5.75 Å². The normalized spacial score (nSPS) is 17.5. The first kappa shape index (κ1) is 18.3. The Kier molecular flexibility index (Phi) is 4.25. The van der Waals surface area contributed by atoms with Crippen LogP contribution in [0.4, 0.5) is 10.1 Å². The Bertz CT molecular complexity index is 929. The third-order valence-corrected chi connectivity index (χ3v) is 6.68. The Hall–Kier alpha value is -2.03. The molecule has 2 aromatic rings. The number of hydrogen-bond acceptors (Lipinski definition) is 2. The smallest absolute Gasteiger partial charge is 0.165 e. The number of likely N-dealkylation sites (N-methyl/N-ethyl adjacent to an activating group) is 1. The van der Waals surface area contributed by atoms with Gasteiger partial charge in [-0.25, -0.2) is 4.39 Å². The fourth-order valence-corrected chi connectivity index (χ4v) is 4.94. The van der Waals surface area contributed by atoms with Gasteiger partial charge in [0.05, 0.1) is 6.61 Å². The molecular weight excluding hydrogens is 337 g/mol. The lowest BCUT2D eigenvalue weighted by atomic mass is 9.83. The van der Waals surface area contributed by atoms with Gasteiger partial charge < -0.3 is 9.64 Å². The minimum atomic E-state index is -0.215. The molecule has 0 unspecified atom stereocenters. The van der Waals surface area contributed by atoms with E-state index in [1.165, 1.54) is 33.5 Å². The number of ether oxygens (including phenoxy) is 1. The number of halogens is 1. The van der Waals surface area contributed by atoms with E-state index >= 15 is 0 Å². The number of anilines is 1. The fraction of sp³-hybridized carbons (Fsp3) is 0.500. The van der Waals surface area contributed by atoms with E-state index < -0.39 is 0 Å². The second-order valence-electron chi connectivity index (χ2n) is 8.74. The molecule has 4 rings (SSSR count). The lowest BCUT2D eigenvalue weighted by Gasteiger charge is -2.30. The minimum absolute atomic E-state index is 0.0691. The number of nitrogens with zero attached hydrogens (tertiary/aromatic N) is 1. The van der Waals surface area contributed by atoms with E-state index in [0.29, 0.717) is 12.4 Å². The summed E-state index contributed by atoms with van der Waals surface area (Å²) in [7, 11) is 2.18. The molecule has 2 aliphatic rings. The average Bonchev–Trinajstić information content (AvgIpc) is 2.86. The van der Waals surface area contributed by atoms with Gasteiger partial charge in [-0.05, 0) is 98.9 Å². The second kappa shape index (κ2) is 6.25. The zero-order valence-corrected chi connectivity index (χ0v) is 17.4. The molecule has 0 N–H and O–H groups in total. The molecule has 0 fully saturated rings. The largest absolute Gasteiger partial charge is 0.490 e. The lowest BCUT2D eigenvalue weighted by molar-refractivity contribution is 0.273. The molecule has 0 bridgehead atoms. The first-order valence-corrected chi connectivity index (χ1v) is 10.1. The molecule has 0 saturated carbocycles. The molecule has 2 aliphatic heterocycles. The van der Waals surface area contributed by atoms with Crippen molar-refractivity contribution in [1.29, 1.82) is 0 Å². The van der Waals surface area contributed by atoms with Gasteiger partial charge in [-0.1, -0.05) is 6.92 Å². The van der Waals surface area contributed by atoms with Gasteiger partial charge in [0.1, 0.15) is 0 Å². The zero-order chi connectivity index (χ0) is 19.5. The summed E-state index contributed by atoms with van der Waals surface area (Å²) in [6, 6.07) is 4.04. The van der Waals surface area contributed by atoms with Crippen LogP contribution in [0.3, 0.4) is 0 Å². The zero-order valence-electron chi connectivity index (χ0n) is 17.4. The summed E-state index contributed by atoms with van der Waals surface area (Å²) in [5.41, 5.74) is 9.92. The van der Waals surface area contributed by atoms with Gasteiger partial charge in [0.25, 0.3) is 0 Å². The fourth-order valence-electron chi connectivity index (χ4n) is 4.94. The van der Waals surface area contributed by atoms with Crippen LogP contribution in [0.15, 0.2) is 12.1 Å². The Morgan fingerprint density at radius 3 is 2.63 bits per heavy atom. The monoisotopic (exact) mass is 367 g/mol. The molecule has 0 aromatic heterocycles.